The van der Waals surface area contributed by atoms with Crippen molar-refractivity contribution in [1.29, 1.82) is 0 Å². The molecule has 0 aromatic heterocycles. The van der Waals surface area contributed by atoms with Gasteiger partial charge in [0, 0.05) is 12.8 Å². The highest BCUT2D eigenvalue weighted by Gasteiger charge is 2.45. The summed E-state index contributed by atoms with van der Waals surface area (Å²) in [5.41, 5.74) is 5.40. The molecule has 1 aromatic rings. The number of Topliss-reactive ketones (excluding diaryl/α,β-unsaturated/α-hetero) is 1. The second-order valence-electron chi connectivity index (χ2n) is 6.85. The lowest BCUT2D eigenvalue weighted by Gasteiger charge is -2.36. The predicted octanol–water partition coefficient (Wildman–Crippen LogP) is 2.57. The first kappa shape index (κ1) is 14.1. The van der Waals surface area contributed by atoms with E-state index in [1.165, 1.54) is 0 Å². The van der Waals surface area contributed by atoms with Crippen molar-refractivity contribution in [3.05, 3.63) is 29.8 Å². The van der Waals surface area contributed by atoms with Crippen molar-refractivity contribution in [2.75, 3.05) is 7.11 Å². The largest absolute Gasteiger partial charge is 0.497 e. The Labute approximate surface area is 125 Å². The number of carbonyl (C=O) groups is 1. The second-order valence-corrected chi connectivity index (χ2v) is 6.85. The number of carbonyl (C=O) groups excluding carboxylic acids is 1. The monoisotopic (exact) mass is 286 g/mol. The van der Waals surface area contributed by atoms with Gasteiger partial charge >= 0.3 is 0 Å². The normalized spacial score (nSPS) is 26.8. The van der Waals surface area contributed by atoms with Crippen LogP contribution in [0, 0.1) is 11.3 Å². The minimum atomic E-state index is -0.0415. The Balaban J connectivity index is 1.73. The minimum Gasteiger partial charge on any atom is -0.497 e. The maximum Gasteiger partial charge on any atom is 0.144 e. The number of hydrogen-bond acceptors (Lipinski definition) is 4. The van der Waals surface area contributed by atoms with E-state index < -0.39 is 0 Å². The molecule has 1 aliphatic carbocycles. The summed E-state index contributed by atoms with van der Waals surface area (Å²) in [7, 11) is 1.66. The molecule has 2 aliphatic rings. The molecule has 2 atom stereocenters. The Morgan fingerprint density at radius 2 is 2.05 bits per heavy atom. The van der Waals surface area contributed by atoms with Crippen LogP contribution in [0.1, 0.15) is 32.3 Å². The summed E-state index contributed by atoms with van der Waals surface area (Å²) < 4.78 is 5.17. The van der Waals surface area contributed by atoms with Crippen LogP contribution in [-0.2, 0) is 11.2 Å². The van der Waals surface area contributed by atoms with Crippen LogP contribution in [0.5, 0.6) is 5.75 Å². The van der Waals surface area contributed by atoms with Gasteiger partial charge in [-0.1, -0.05) is 26.0 Å². The molecule has 1 aromatic carbocycles. The molecule has 0 unspecified atom stereocenters. The van der Waals surface area contributed by atoms with Gasteiger partial charge in [0.05, 0.1) is 24.8 Å². The molecular weight excluding hydrogens is 264 g/mol. The van der Waals surface area contributed by atoms with E-state index in [4.69, 9.17) is 4.74 Å². The Kier molecular flexibility index (Phi) is 3.47. The van der Waals surface area contributed by atoms with Crippen molar-refractivity contribution in [2.45, 2.75) is 39.2 Å². The van der Waals surface area contributed by atoms with Crippen molar-refractivity contribution in [2.24, 2.45) is 16.4 Å². The quantitative estimate of drug-likeness (QED) is 0.929. The number of ketones is 1. The molecule has 1 N–H and O–H groups in total. The van der Waals surface area contributed by atoms with Crippen molar-refractivity contribution >= 4 is 11.5 Å². The molecule has 21 heavy (non-hydrogen) atoms. The number of nitrogens with one attached hydrogen (secondary N) is 1. The number of benzene rings is 1. The number of hydrogen-bond donors (Lipinski definition) is 1. The smallest absolute Gasteiger partial charge is 0.144 e. The van der Waals surface area contributed by atoms with E-state index in [1.54, 1.807) is 7.11 Å². The SMILES string of the molecule is COc1ccc(CC2=NN[C@@H]3CC(C)(C)CC(=O)[C@@H]23)cc1. The summed E-state index contributed by atoms with van der Waals surface area (Å²) in [5.74, 6) is 1.13. The number of nitrogens with zero attached hydrogens (tertiary/aromatic N) is 1. The fraction of sp³-hybridized carbons (Fsp3) is 0.529. The van der Waals surface area contributed by atoms with E-state index in [0.29, 0.717) is 12.2 Å². The van der Waals surface area contributed by atoms with Gasteiger partial charge in [-0.25, -0.2) is 0 Å². The van der Waals surface area contributed by atoms with Crippen molar-refractivity contribution in [1.82, 2.24) is 5.43 Å². The maximum atomic E-state index is 12.5. The predicted molar refractivity (Wildman–Crippen MR) is 82.6 cm³/mol. The van der Waals surface area contributed by atoms with E-state index in [2.05, 4.69) is 24.4 Å². The Morgan fingerprint density at radius 1 is 1.33 bits per heavy atom. The van der Waals surface area contributed by atoms with Crippen molar-refractivity contribution in [3.8, 4) is 5.75 Å². The number of hydrazone groups is 1. The zero-order valence-corrected chi connectivity index (χ0v) is 12.8. The van der Waals surface area contributed by atoms with Gasteiger partial charge in [-0.2, -0.15) is 5.10 Å². The molecular formula is C17H22N2O2. The number of rotatable bonds is 3. The molecule has 0 saturated heterocycles. The summed E-state index contributed by atoms with van der Waals surface area (Å²) in [4.78, 5) is 12.5. The highest BCUT2D eigenvalue weighted by atomic mass is 16.5. The van der Waals surface area contributed by atoms with Gasteiger partial charge in [-0.3, -0.25) is 4.79 Å². The van der Waals surface area contributed by atoms with Gasteiger partial charge in [0.15, 0.2) is 0 Å². The average molecular weight is 286 g/mol. The molecule has 3 rings (SSSR count). The molecule has 1 heterocycles. The fourth-order valence-electron chi connectivity index (χ4n) is 3.47. The van der Waals surface area contributed by atoms with E-state index in [-0.39, 0.29) is 17.4 Å². The summed E-state index contributed by atoms with van der Waals surface area (Å²) >= 11 is 0. The summed E-state index contributed by atoms with van der Waals surface area (Å²) in [6.45, 7) is 4.31. The number of methoxy groups -OCH3 is 1. The number of ether oxygens (including phenoxy) is 1. The lowest BCUT2D eigenvalue weighted by atomic mass is 9.68. The third-order valence-corrected chi connectivity index (χ3v) is 4.45. The highest BCUT2D eigenvalue weighted by Crippen LogP contribution is 2.39. The Bertz CT molecular complexity index is 575. The molecule has 4 nitrogen and oxygen atoms in total. The van der Waals surface area contributed by atoms with E-state index in [9.17, 15) is 4.79 Å². The van der Waals surface area contributed by atoms with E-state index >= 15 is 0 Å². The van der Waals surface area contributed by atoms with Crippen LogP contribution in [-0.4, -0.2) is 24.6 Å². The summed E-state index contributed by atoms with van der Waals surface area (Å²) in [6.07, 6.45) is 2.38. The summed E-state index contributed by atoms with van der Waals surface area (Å²) in [5, 5.41) is 4.45. The first-order chi connectivity index (χ1) is 9.98. The Hall–Kier alpha value is -1.84. The molecule has 112 valence electrons. The molecule has 0 spiro atoms. The summed E-state index contributed by atoms with van der Waals surface area (Å²) in [6, 6.07) is 8.13. The molecule has 0 amide bonds. The molecule has 0 radical (unpaired) electrons. The molecule has 0 bridgehead atoms. The van der Waals surface area contributed by atoms with Gasteiger partial charge in [0.1, 0.15) is 11.5 Å². The van der Waals surface area contributed by atoms with Gasteiger partial charge in [0.2, 0.25) is 0 Å². The second kappa shape index (κ2) is 5.17. The van der Waals surface area contributed by atoms with Crippen LogP contribution in [0.4, 0.5) is 0 Å². The van der Waals surface area contributed by atoms with E-state index in [1.807, 2.05) is 24.3 Å². The molecule has 1 aliphatic heterocycles. The topological polar surface area (TPSA) is 50.7 Å². The third kappa shape index (κ3) is 2.80. The average Bonchev–Trinajstić information content (AvgIpc) is 2.81. The van der Waals surface area contributed by atoms with Crippen LogP contribution in [0.2, 0.25) is 0 Å². The zero-order chi connectivity index (χ0) is 15.0. The molecule has 1 fully saturated rings. The van der Waals surface area contributed by atoms with Crippen LogP contribution in [0.3, 0.4) is 0 Å². The third-order valence-electron chi connectivity index (χ3n) is 4.45. The first-order valence-corrected chi connectivity index (χ1v) is 7.46. The Morgan fingerprint density at radius 3 is 2.71 bits per heavy atom. The maximum absolute atomic E-state index is 12.5. The van der Waals surface area contributed by atoms with Gasteiger partial charge in [-0.15, -0.1) is 0 Å². The lowest BCUT2D eigenvalue weighted by Crippen LogP contribution is -2.45. The van der Waals surface area contributed by atoms with E-state index in [0.717, 1.165) is 29.9 Å². The van der Waals surface area contributed by atoms with Crippen LogP contribution in [0.25, 0.3) is 0 Å². The van der Waals surface area contributed by atoms with Gasteiger partial charge < -0.3 is 10.2 Å². The van der Waals surface area contributed by atoms with Crippen LogP contribution < -0.4 is 10.2 Å². The molecule has 1 saturated carbocycles. The standard InChI is InChI=1S/C17H22N2O2/c1-17(2)9-14-16(15(20)10-17)13(18-19-14)8-11-4-6-12(21-3)7-5-11/h4-7,14,16,19H,8-10H2,1-3H3/t14-,16+/m1/s1. The molecule has 4 heteroatoms. The van der Waals surface area contributed by atoms with Gasteiger partial charge in [-0.05, 0) is 29.5 Å². The fourth-order valence-corrected chi connectivity index (χ4v) is 3.47. The van der Waals surface area contributed by atoms with Crippen LogP contribution >= 0.6 is 0 Å². The minimum absolute atomic E-state index is 0.0415. The number of fused-ring (bicyclic) bond motifs is 1. The van der Waals surface area contributed by atoms with Crippen molar-refractivity contribution in [3.63, 3.8) is 0 Å². The van der Waals surface area contributed by atoms with Crippen LogP contribution in [0.15, 0.2) is 29.4 Å². The lowest BCUT2D eigenvalue weighted by molar-refractivity contribution is -0.126. The van der Waals surface area contributed by atoms with Crippen molar-refractivity contribution < 1.29 is 9.53 Å². The first-order valence-electron chi connectivity index (χ1n) is 7.46. The highest BCUT2D eigenvalue weighted by molar-refractivity contribution is 6.08. The van der Waals surface area contributed by atoms with Gasteiger partial charge in [0.25, 0.3) is 0 Å². The zero-order valence-electron chi connectivity index (χ0n) is 12.8.